The number of Topliss-reactive ketones (excluding diaryl/α,β-unsaturated/α-hetero) is 1. The number of amidine groups is 1. The quantitative estimate of drug-likeness (QED) is 0.380. The van der Waals surface area contributed by atoms with E-state index in [1.54, 1.807) is 18.2 Å². The zero-order chi connectivity index (χ0) is 16.8. The van der Waals surface area contributed by atoms with Crippen LogP contribution in [0.5, 0.6) is 5.88 Å². The number of benzene rings is 1. The summed E-state index contributed by atoms with van der Waals surface area (Å²) in [6, 6.07) is 7.68. The molecule has 0 unspecified atom stereocenters. The number of oxime groups is 1. The molecule has 1 aromatic heterocycles. The van der Waals surface area contributed by atoms with Crippen LogP contribution in [0.4, 0.5) is 8.78 Å². The topological polar surface area (TPSA) is 86.8 Å². The van der Waals surface area contributed by atoms with Crippen LogP contribution in [0.25, 0.3) is 0 Å². The van der Waals surface area contributed by atoms with E-state index in [4.69, 9.17) is 15.3 Å². The van der Waals surface area contributed by atoms with Crippen LogP contribution in [0.15, 0.2) is 41.6 Å². The Labute approximate surface area is 130 Å². The highest BCUT2D eigenvalue weighted by molar-refractivity contribution is 5.97. The van der Waals surface area contributed by atoms with Gasteiger partial charge in [-0.05, 0) is 24.3 Å². The van der Waals surface area contributed by atoms with Crippen molar-refractivity contribution in [3.63, 3.8) is 0 Å². The van der Waals surface area contributed by atoms with Crippen LogP contribution in [0.1, 0.15) is 16.1 Å². The van der Waals surface area contributed by atoms with Crippen molar-refractivity contribution in [2.75, 3.05) is 13.7 Å². The first kappa shape index (κ1) is 16.3. The fraction of sp³-hybridized carbons (Fsp3) is 0.133. The van der Waals surface area contributed by atoms with E-state index in [2.05, 4.69) is 10.1 Å². The molecule has 0 amide bonds. The first-order valence-electron chi connectivity index (χ1n) is 6.46. The maximum atomic E-state index is 13.0. The molecule has 0 fully saturated rings. The van der Waals surface area contributed by atoms with Crippen molar-refractivity contribution in [1.29, 1.82) is 0 Å². The summed E-state index contributed by atoms with van der Waals surface area (Å²) < 4.78 is 30.8. The molecular formula is C15H13F2N3O3. The summed E-state index contributed by atoms with van der Waals surface area (Å²) >= 11 is 0. The average molecular weight is 321 g/mol. The molecule has 0 aliphatic heterocycles. The Morgan fingerprint density at radius 3 is 2.74 bits per heavy atom. The van der Waals surface area contributed by atoms with Crippen LogP contribution in [-0.4, -0.2) is 30.3 Å². The molecule has 0 spiro atoms. The SMILES string of the molecule is COc1cccc(C(N)=NOCC(=O)c2ccc(F)c(F)c2)n1. The molecule has 1 aromatic carbocycles. The average Bonchev–Trinajstić information content (AvgIpc) is 2.57. The van der Waals surface area contributed by atoms with Crippen LogP contribution in [0.2, 0.25) is 0 Å². The van der Waals surface area contributed by atoms with E-state index in [0.717, 1.165) is 18.2 Å². The molecule has 0 atom stereocenters. The minimum Gasteiger partial charge on any atom is -0.481 e. The number of nitrogens with zero attached hydrogens (tertiary/aromatic N) is 2. The number of pyridine rings is 1. The number of ether oxygens (including phenoxy) is 1. The summed E-state index contributed by atoms with van der Waals surface area (Å²) in [7, 11) is 1.45. The van der Waals surface area contributed by atoms with Gasteiger partial charge in [0.05, 0.1) is 7.11 Å². The van der Waals surface area contributed by atoms with Crippen molar-refractivity contribution in [2.24, 2.45) is 10.9 Å². The molecule has 120 valence electrons. The Kier molecular flexibility index (Phi) is 5.19. The summed E-state index contributed by atoms with van der Waals surface area (Å²) in [6.45, 7) is -0.476. The van der Waals surface area contributed by atoms with Gasteiger partial charge in [0.15, 0.2) is 24.1 Å². The molecule has 2 aromatic rings. The third-order valence-corrected chi connectivity index (χ3v) is 2.80. The van der Waals surface area contributed by atoms with Gasteiger partial charge in [-0.2, -0.15) is 0 Å². The van der Waals surface area contributed by atoms with E-state index in [-0.39, 0.29) is 11.4 Å². The van der Waals surface area contributed by atoms with Crippen molar-refractivity contribution >= 4 is 11.6 Å². The van der Waals surface area contributed by atoms with Crippen LogP contribution >= 0.6 is 0 Å². The maximum absolute atomic E-state index is 13.0. The predicted octanol–water partition coefficient (Wildman–Crippen LogP) is 1.89. The molecular weight excluding hydrogens is 308 g/mol. The smallest absolute Gasteiger partial charge is 0.213 e. The third-order valence-electron chi connectivity index (χ3n) is 2.80. The molecule has 0 bridgehead atoms. The Bertz CT molecular complexity index is 750. The lowest BCUT2D eigenvalue weighted by molar-refractivity contribution is 0.0775. The van der Waals surface area contributed by atoms with Crippen molar-refractivity contribution in [1.82, 2.24) is 4.98 Å². The number of aromatic nitrogens is 1. The lowest BCUT2D eigenvalue weighted by Gasteiger charge is -2.04. The summed E-state index contributed by atoms with van der Waals surface area (Å²) in [5, 5.41) is 3.56. The highest BCUT2D eigenvalue weighted by Gasteiger charge is 2.11. The normalized spacial score (nSPS) is 11.2. The Balaban J connectivity index is 1.99. The lowest BCUT2D eigenvalue weighted by Crippen LogP contribution is -2.17. The molecule has 0 saturated heterocycles. The van der Waals surface area contributed by atoms with E-state index in [9.17, 15) is 13.6 Å². The number of hydrogen-bond donors (Lipinski definition) is 1. The van der Waals surface area contributed by atoms with Gasteiger partial charge in [0.2, 0.25) is 11.7 Å². The number of halogens is 2. The van der Waals surface area contributed by atoms with Crippen molar-refractivity contribution in [2.45, 2.75) is 0 Å². The molecule has 6 nitrogen and oxygen atoms in total. The van der Waals surface area contributed by atoms with Crippen molar-refractivity contribution in [3.8, 4) is 5.88 Å². The fourth-order valence-corrected chi connectivity index (χ4v) is 1.63. The molecule has 8 heteroatoms. The van der Waals surface area contributed by atoms with E-state index >= 15 is 0 Å². The molecule has 0 radical (unpaired) electrons. The van der Waals surface area contributed by atoms with Gasteiger partial charge in [-0.25, -0.2) is 13.8 Å². The van der Waals surface area contributed by atoms with E-state index < -0.39 is 24.0 Å². The summed E-state index contributed by atoms with van der Waals surface area (Å²) in [6.07, 6.45) is 0. The van der Waals surface area contributed by atoms with Crippen molar-refractivity contribution in [3.05, 3.63) is 59.3 Å². The van der Waals surface area contributed by atoms with Gasteiger partial charge in [0.25, 0.3) is 0 Å². The van der Waals surface area contributed by atoms with E-state index in [0.29, 0.717) is 11.6 Å². The molecule has 0 aliphatic rings. The number of carbonyl (C=O) groups excluding carboxylic acids is 1. The highest BCUT2D eigenvalue weighted by atomic mass is 19.2. The zero-order valence-electron chi connectivity index (χ0n) is 12.1. The Hall–Kier alpha value is -3.03. The molecule has 2 N–H and O–H groups in total. The number of methoxy groups -OCH3 is 1. The number of hydrogen-bond acceptors (Lipinski definition) is 5. The second-order valence-corrected chi connectivity index (χ2v) is 4.37. The number of carbonyl (C=O) groups is 1. The van der Waals surface area contributed by atoms with E-state index in [1.807, 2.05) is 0 Å². The summed E-state index contributed by atoms with van der Waals surface area (Å²) in [5.74, 6) is -2.42. The lowest BCUT2D eigenvalue weighted by atomic mass is 10.1. The van der Waals surface area contributed by atoms with Crippen LogP contribution in [0, 0.1) is 11.6 Å². The number of rotatable bonds is 6. The molecule has 0 saturated carbocycles. The highest BCUT2D eigenvalue weighted by Crippen LogP contribution is 2.10. The molecule has 23 heavy (non-hydrogen) atoms. The van der Waals surface area contributed by atoms with Gasteiger partial charge in [0.1, 0.15) is 5.69 Å². The second-order valence-electron chi connectivity index (χ2n) is 4.37. The summed E-state index contributed by atoms with van der Waals surface area (Å²) in [5.41, 5.74) is 5.95. The van der Waals surface area contributed by atoms with Crippen LogP contribution in [-0.2, 0) is 4.84 Å². The van der Waals surface area contributed by atoms with Gasteiger partial charge in [-0.15, -0.1) is 0 Å². The molecule has 2 rings (SSSR count). The van der Waals surface area contributed by atoms with Gasteiger partial charge in [-0.1, -0.05) is 11.2 Å². The largest absolute Gasteiger partial charge is 0.481 e. The maximum Gasteiger partial charge on any atom is 0.213 e. The minimum atomic E-state index is -1.11. The summed E-state index contributed by atoms with van der Waals surface area (Å²) in [4.78, 5) is 20.6. The Morgan fingerprint density at radius 1 is 1.26 bits per heavy atom. The van der Waals surface area contributed by atoms with E-state index in [1.165, 1.54) is 7.11 Å². The number of ketones is 1. The first-order valence-corrected chi connectivity index (χ1v) is 6.46. The van der Waals surface area contributed by atoms with Gasteiger partial charge >= 0.3 is 0 Å². The van der Waals surface area contributed by atoms with Crippen LogP contribution in [0.3, 0.4) is 0 Å². The van der Waals surface area contributed by atoms with Crippen molar-refractivity contribution < 1.29 is 23.1 Å². The van der Waals surface area contributed by atoms with Crippen LogP contribution < -0.4 is 10.5 Å². The first-order chi connectivity index (χ1) is 11.0. The Morgan fingerprint density at radius 2 is 2.04 bits per heavy atom. The van der Waals surface area contributed by atoms with Gasteiger partial charge in [-0.3, -0.25) is 4.79 Å². The monoisotopic (exact) mass is 321 g/mol. The predicted molar refractivity (Wildman–Crippen MR) is 78.2 cm³/mol. The minimum absolute atomic E-state index is 0.0304. The zero-order valence-corrected chi connectivity index (χ0v) is 12.1. The number of nitrogens with two attached hydrogens (primary N) is 1. The second kappa shape index (κ2) is 7.30. The standard InChI is InChI=1S/C15H13F2N3O3/c1-22-14-4-2-3-12(19-14)15(18)20-23-8-13(21)9-5-6-10(16)11(17)7-9/h2-7H,8H2,1H3,(H2,18,20). The van der Waals surface area contributed by atoms with Gasteiger partial charge < -0.3 is 15.3 Å². The third kappa shape index (κ3) is 4.22. The fourth-order valence-electron chi connectivity index (χ4n) is 1.63. The van der Waals surface area contributed by atoms with Gasteiger partial charge in [0, 0.05) is 11.6 Å². The molecule has 1 heterocycles. The molecule has 0 aliphatic carbocycles.